The minimum atomic E-state index is -0.276. The van der Waals surface area contributed by atoms with E-state index in [0.29, 0.717) is 22.1 Å². The average Bonchev–Trinajstić information content (AvgIpc) is 2.44. The molecule has 3 N–H and O–H groups in total. The lowest BCUT2D eigenvalue weighted by Gasteiger charge is -2.12. The third kappa shape index (κ3) is 3.89. The Morgan fingerprint density at radius 1 is 1.24 bits per heavy atom. The Balaban J connectivity index is 1.99. The molecule has 0 saturated carbocycles. The predicted molar refractivity (Wildman–Crippen MR) is 85.9 cm³/mol. The molecule has 0 aliphatic heterocycles. The number of anilines is 2. The molecule has 1 amide bonds. The number of hydrogen-bond acceptors (Lipinski definition) is 3. The zero-order chi connectivity index (χ0) is 15.4. The van der Waals surface area contributed by atoms with Crippen molar-refractivity contribution in [2.75, 3.05) is 17.7 Å². The van der Waals surface area contributed by atoms with Crippen molar-refractivity contribution in [3.05, 3.63) is 52.5 Å². The Morgan fingerprint density at radius 3 is 2.67 bits per heavy atom. The smallest absolute Gasteiger partial charge is 0.262 e. The van der Waals surface area contributed by atoms with Gasteiger partial charge in [0, 0.05) is 11.8 Å². The molecule has 2 aromatic carbocycles. The van der Waals surface area contributed by atoms with Gasteiger partial charge in [0.05, 0.1) is 10.7 Å². The largest absolute Gasteiger partial charge is 0.483 e. The maximum Gasteiger partial charge on any atom is 0.262 e. The summed E-state index contributed by atoms with van der Waals surface area (Å²) in [5, 5.41) is 3.19. The van der Waals surface area contributed by atoms with Crippen LogP contribution in [0.4, 0.5) is 11.4 Å². The van der Waals surface area contributed by atoms with Gasteiger partial charge in [-0.3, -0.25) is 4.79 Å². The molecule has 5 heteroatoms. The summed E-state index contributed by atoms with van der Waals surface area (Å²) in [6, 6.07) is 10.7. The summed E-state index contributed by atoms with van der Waals surface area (Å²) in [6.45, 7) is 3.73. The van der Waals surface area contributed by atoms with Crippen molar-refractivity contribution in [1.29, 1.82) is 0 Å². The lowest BCUT2D eigenvalue weighted by molar-refractivity contribution is -0.118. The second-order valence-corrected chi connectivity index (χ2v) is 5.20. The first-order valence-corrected chi connectivity index (χ1v) is 6.89. The molecular weight excluding hydrogens is 288 g/mol. The van der Waals surface area contributed by atoms with Crippen molar-refractivity contribution in [2.45, 2.75) is 13.8 Å². The number of nitrogens with two attached hydrogens (primary N) is 1. The van der Waals surface area contributed by atoms with Crippen LogP contribution in [0.3, 0.4) is 0 Å². The highest BCUT2D eigenvalue weighted by Gasteiger charge is 2.08. The highest BCUT2D eigenvalue weighted by molar-refractivity contribution is 6.33. The van der Waals surface area contributed by atoms with Crippen molar-refractivity contribution < 1.29 is 9.53 Å². The fourth-order valence-corrected chi connectivity index (χ4v) is 2.08. The van der Waals surface area contributed by atoms with Crippen LogP contribution in [0, 0.1) is 13.8 Å². The minimum absolute atomic E-state index is 0.103. The summed E-state index contributed by atoms with van der Waals surface area (Å²) in [6.07, 6.45) is 0. The number of amides is 1. The van der Waals surface area contributed by atoms with Gasteiger partial charge < -0.3 is 15.8 Å². The fraction of sp³-hybridized carbons (Fsp3) is 0.188. The molecule has 110 valence electrons. The molecule has 2 aromatic rings. The molecule has 0 heterocycles. The van der Waals surface area contributed by atoms with Gasteiger partial charge in [-0.25, -0.2) is 0 Å². The van der Waals surface area contributed by atoms with Crippen molar-refractivity contribution >= 4 is 28.9 Å². The van der Waals surface area contributed by atoms with Gasteiger partial charge in [0.25, 0.3) is 5.91 Å². The van der Waals surface area contributed by atoms with Gasteiger partial charge >= 0.3 is 0 Å². The molecule has 0 aromatic heterocycles. The molecule has 0 aliphatic rings. The van der Waals surface area contributed by atoms with Gasteiger partial charge in [-0.2, -0.15) is 0 Å². The molecular formula is C16H17ClN2O2. The third-order valence-electron chi connectivity index (χ3n) is 3.07. The van der Waals surface area contributed by atoms with Crippen LogP contribution in [-0.2, 0) is 4.79 Å². The first kappa shape index (κ1) is 15.2. The lowest BCUT2D eigenvalue weighted by atomic mass is 10.1. The van der Waals surface area contributed by atoms with Crippen LogP contribution >= 0.6 is 11.6 Å². The maximum atomic E-state index is 11.9. The van der Waals surface area contributed by atoms with E-state index in [9.17, 15) is 4.79 Å². The standard InChI is InChI=1S/C16H17ClN2O2/c1-10-7-11(2)15(8-13(10)18)21-9-16(20)19-14-6-4-3-5-12(14)17/h3-8H,9,18H2,1-2H3,(H,19,20). The van der Waals surface area contributed by atoms with Crippen LogP contribution in [-0.4, -0.2) is 12.5 Å². The Bertz CT molecular complexity index is 671. The monoisotopic (exact) mass is 304 g/mol. The van der Waals surface area contributed by atoms with E-state index in [-0.39, 0.29) is 12.5 Å². The van der Waals surface area contributed by atoms with Gasteiger partial charge in [0.1, 0.15) is 5.75 Å². The summed E-state index contributed by atoms with van der Waals surface area (Å²) in [4.78, 5) is 11.9. The average molecular weight is 305 g/mol. The number of rotatable bonds is 4. The topological polar surface area (TPSA) is 64.3 Å². The van der Waals surface area contributed by atoms with Crippen molar-refractivity contribution in [3.8, 4) is 5.75 Å². The van der Waals surface area contributed by atoms with Crippen LogP contribution in [0.5, 0.6) is 5.75 Å². The van der Waals surface area contributed by atoms with E-state index in [4.69, 9.17) is 22.1 Å². The van der Waals surface area contributed by atoms with Gasteiger partial charge in [-0.1, -0.05) is 29.8 Å². The Labute approximate surface area is 128 Å². The van der Waals surface area contributed by atoms with Crippen molar-refractivity contribution in [1.82, 2.24) is 0 Å². The van der Waals surface area contributed by atoms with E-state index in [2.05, 4.69) is 5.32 Å². The number of aryl methyl sites for hydroxylation is 2. The van der Waals surface area contributed by atoms with Crippen LogP contribution in [0.25, 0.3) is 0 Å². The molecule has 0 saturated heterocycles. The molecule has 0 fully saturated rings. The van der Waals surface area contributed by atoms with Crippen LogP contribution in [0.2, 0.25) is 5.02 Å². The van der Waals surface area contributed by atoms with Crippen molar-refractivity contribution in [2.24, 2.45) is 0 Å². The first-order chi connectivity index (χ1) is 9.97. The number of ether oxygens (including phenoxy) is 1. The zero-order valence-electron chi connectivity index (χ0n) is 11.9. The van der Waals surface area contributed by atoms with Gasteiger partial charge in [-0.05, 0) is 37.1 Å². The highest BCUT2D eigenvalue weighted by atomic mass is 35.5. The molecule has 0 spiro atoms. The fourth-order valence-electron chi connectivity index (χ4n) is 1.90. The zero-order valence-corrected chi connectivity index (χ0v) is 12.7. The summed E-state index contributed by atoms with van der Waals surface area (Å²) in [5.74, 6) is 0.328. The van der Waals surface area contributed by atoms with E-state index in [1.807, 2.05) is 19.9 Å². The SMILES string of the molecule is Cc1cc(C)c(OCC(=O)Nc2ccccc2Cl)cc1N. The molecule has 0 unspecified atom stereocenters. The molecule has 4 nitrogen and oxygen atoms in total. The van der Waals surface area contributed by atoms with E-state index >= 15 is 0 Å². The van der Waals surface area contributed by atoms with Gasteiger partial charge in [0.15, 0.2) is 6.61 Å². The summed E-state index contributed by atoms with van der Waals surface area (Å²) in [7, 11) is 0. The molecule has 0 bridgehead atoms. The molecule has 2 rings (SSSR count). The van der Waals surface area contributed by atoms with E-state index in [1.165, 1.54) is 0 Å². The molecule has 0 atom stereocenters. The number of nitrogen functional groups attached to an aromatic ring is 1. The third-order valence-corrected chi connectivity index (χ3v) is 3.40. The minimum Gasteiger partial charge on any atom is -0.483 e. The van der Waals surface area contributed by atoms with E-state index in [1.54, 1.807) is 30.3 Å². The second-order valence-electron chi connectivity index (χ2n) is 4.79. The summed E-state index contributed by atoms with van der Waals surface area (Å²) < 4.78 is 5.51. The number of nitrogens with one attached hydrogen (secondary N) is 1. The molecule has 21 heavy (non-hydrogen) atoms. The Hall–Kier alpha value is -2.20. The Kier molecular flexibility index (Phi) is 4.70. The quantitative estimate of drug-likeness (QED) is 0.849. The normalized spacial score (nSPS) is 10.2. The van der Waals surface area contributed by atoms with Gasteiger partial charge in [-0.15, -0.1) is 0 Å². The lowest BCUT2D eigenvalue weighted by Crippen LogP contribution is -2.20. The van der Waals surface area contributed by atoms with E-state index in [0.717, 1.165) is 11.1 Å². The van der Waals surface area contributed by atoms with Gasteiger partial charge in [0.2, 0.25) is 0 Å². The number of hydrogen-bond donors (Lipinski definition) is 2. The van der Waals surface area contributed by atoms with Crippen LogP contribution in [0.15, 0.2) is 36.4 Å². The summed E-state index contributed by atoms with van der Waals surface area (Å²) >= 11 is 5.98. The number of halogens is 1. The Morgan fingerprint density at radius 2 is 1.95 bits per heavy atom. The number of benzene rings is 2. The predicted octanol–water partition coefficient (Wildman–Crippen LogP) is 3.56. The van der Waals surface area contributed by atoms with E-state index < -0.39 is 0 Å². The first-order valence-electron chi connectivity index (χ1n) is 6.51. The number of carbonyl (C=O) groups is 1. The highest BCUT2D eigenvalue weighted by Crippen LogP contribution is 2.24. The second kappa shape index (κ2) is 6.50. The maximum absolute atomic E-state index is 11.9. The van der Waals surface area contributed by atoms with Crippen LogP contribution in [0.1, 0.15) is 11.1 Å². The number of carbonyl (C=O) groups excluding carboxylic acids is 1. The molecule has 0 aliphatic carbocycles. The van der Waals surface area contributed by atoms with Crippen LogP contribution < -0.4 is 15.8 Å². The van der Waals surface area contributed by atoms with Crippen molar-refractivity contribution in [3.63, 3.8) is 0 Å². The summed E-state index contributed by atoms with van der Waals surface area (Å²) in [5.41, 5.74) is 8.97. The molecule has 0 radical (unpaired) electrons. The number of para-hydroxylation sites is 1.